The quantitative estimate of drug-likeness (QED) is 0.794. The first-order chi connectivity index (χ1) is 10.7. The summed E-state index contributed by atoms with van der Waals surface area (Å²) in [5.74, 6) is 2.35. The summed E-state index contributed by atoms with van der Waals surface area (Å²) in [7, 11) is 2.08. The van der Waals surface area contributed by atoms with Crippen LogP contribution in [0, 0.1) is 23.2 Å². The number of ether oxygens (including phenoxy) is 1. The molecule has 5 atom stereocenters. The van der Waals surface area contributed by atoms with Gasteiger partial charge in [0.05, 0.1) is 6.10 Å². The van der Waals surface area contributed by atoms with Crippen LogP contribution in [0.5, 0.6) is 0 Å². The maximum Gasteiger partial charge on any atom is 0.225 e. The van der Waals surface area contributed by atoms with Gasteiger partial charge in [-0.2, -0.15) is 0 Å². The molecule has 2 bridgehead atoms. The summed E-state index contributed by atoms with van der Waals surface area (Å²) in [6, 6.07) is 0.443. The van der Waals surface area contributed by atoms with Crippen LogP contribution in [0.1, 0.15) is 64.7 Å². The van der Waals surface area contributed by atoms with Crippen molar-refractivity contribution in [3.8, 4) is 0 Å². The summed E-state index contributed by atoms with van der Waals surface area (Å²) < 4.78 is 6.01. The third-order valence-electron chi connectivity index (χ3n) is 7.51. The van der Waals surface area contributed by atoms with Crippen LogP contribution in [0.3, 0.4) is 0 Å². The van der Waals surface area contributed by atoms with Crippen molar-refractivity contribution in [1.29, 1.82) is 0 Å². The predicted octanol–water partition coefficient (Wildman–Crippen LogP) is 3.62. The molecule has 22 heavy (non-hydrogen) atoms. The molecule has 0 aromatic carbocycles. The first kappa shape index (κ1) is 15.0. The van der Waals surface area contributed by atoms with E-state index in [1.807, 2.05) is 0 Å². The van der Waals surface area contributed by atoms with Gasteiger partial charge >= 0.3 is 0 Å². The third kappa shape index (κ3) is 2.07. The lowest BCUT2D eigenvalue weighted by molar-refractivity contribution is -0.175. The Morgan fingerprint density at radius 1 is 1.18 bits per heavy atom. The van der Waals surface area contributed by atoms with Crippen molar-refractivity contribution in [1.82, 2.24) is 4.90 Å². The number of fused-ring (bicyclic) bond motifs is 2. The Morgan fingerprint density at radius 2 is 1.95 bits per heavy atom. The summed E-state index contributed by atoms with van der Waals surface area (Å²) in [5.41, 5.74) is 0.290. The normalized spacial score (nSPS) is 41.8. The number of hydrogen-bond acceptors (Lipinski definition) is 2. The second-order valence-corrected chi connectivity index (χ2v) is 8.37. The van der Waals surface area contributed by atoms with Crippen molar-refractivity contribution in [2.24, 2.45) is 23.2 Å². The highest BCUT2D eigenvalue weighted by Crippen LogP contribution is 2.57. The number of amides is 1. The molecule has 4 aliphatic carbocycles. The molecule has 0 aromatic rings. The van der Waals surface area contributed by atoms with E-state index >= 15 is 0 Å². The van der Waals surface area contributed by atoms with Crippen LogP contribution in [0.4, 0.5) is 0 Å². The molecule has 1 spiro atoms. The average Bonchev–Trinajstić information content (AvgIpc) is 3.25. The van der Waals surface area contributed by atoms with Crippen molar-refractivity contribution in [2.75, 3.05) is 13.7 Å². The zero-order valence-electron chi connectivity index (χ0n) is 14.2. The molecule has 0 aromatic heterocycles. The van der Waals surface area contributed by atoms with Gasteiger partial charge in [0.2, 0.25) is 5.91 Å². The minimum absolute atomic E-state index is 0.290. The fourth-order valence-electron chi connectivity index (χ4n) is 6.36. The number of rotatable bonds is 4. The van der Waals surface area contributed by atoms with Crippen molar-refractivity contribution in [2.45, 2.75) is 76.9 Å². The number of carbonyl (C=O) groups excluding carboxylic acids is 1. The van der Waals surface area contributed by atoms with Crippen LogP contribution < -0.4 is 0 Å². The van der Waals surface area contributed by atoms with Gasteiger partial charge in [-0.05, 0) is 57.3 Å². The van der Waals surface area contributed by atoms with Gasteiger partial charge in [0.15, 0.2) is 0 Å². The van der Waals surface area contributed by atoms with E-state index in [9.17, 15) is 4.79 Å². The van der Waals surface area contributed by atoms with E-state index in [0.29, 0.717) is 29.9 Å². The molecule has 0 radical (unpaired) electrons. The Balaban J connectivity index is 1.46. The molecule has 3 heteroatoms. The molecule has 0 heterocycles. The maximum absolute atomic E-state index is 13.1. The van der Waals surface area contributed by atoms with E-state index in [2.05, 4.69) is 18.9 Å². The van der Waals surface area contributed by atoms with E-state index in [1.54, 1.807) is 0 Å². The fraction of sp³-hybridized carbons (Fsp3) is 0.947. The van der Waals surface area contributed by atoms with Gasteiger partial charge in [0.25, 0.3) is 0 Å². The highest BCUT2D eigenvalue weighted by atomic mass is 16.5. The second kappa shape index (κ2) is 5.51. The van der Waals surface area contributed by atoms with Gasteiger partial charge in [-0.25, -0.2) is 0 Å². The standard InChI is InChI=1S/C19H31NO2/c1-3-22-17-12-16(19(17)8-4-5-9-19)20(2)18(21)15-11-13-6-7-14(15)10-13/h13-17H,3-12H2,1-2H3/t13-,14-,15-,16-,17+/m0/s1. The fourth-order valence-corrected chi connectivity index (χ4v) is 6.36. The summed E-state index contributed by atoms with van der Waals surface area (Å²) in [5, 5.41) is 0. The number of nitrogens with zero attached hydrogens (tertiary/aromatic N) is 1. The van der Waals surface area contributed by atoms with Crippen molar-refractivity contribution in [3.05, 3.63) is 0 Å². The Bertz CT molecular complexity index is 443. The van der Waals surface area contributed by atoms with Crippen molar-refractivity contribution in [3.63, 3.8) is 0 Å². The molecular formula is C19H31NO2. The van der Waals surface area contributed by atoms with Gasteiger partial charge in [-0.15, -0.1) is 0 Å². The minimum atomic E-state index is 0.290. The van der Waals surface area contributed by atoms with Gasteiger partial charge in [0, 0.05) is 31.0 Å². The molecule has 1 amide bonds. The predicted molar refractivity (Wildman–Crippen MR) is 86.4 cm³/mol. The molecule has 4 rings (SSSR count). The summed E-state index contributed by atoms with van der Waals surface area (Å²) in [4.78, 5) is 15.2. The minimum Gasteiger partial charge on any atom is -0.378 e. The Hall–Kier alpha value is -0.570. The lowest BCUT2D eigenvalue weighted by Gasteiger charge is -2.57. The zero-order chi connectivity index (χ0) is 15.3. The SMILES string of the molecule is CCO[C@@H]1C[C@H](N(C)C(=O)[C@H]2C[C@H]3CC[C@H]2C3)C12CCCC2. The van der Waals surface area contributed by atoms with Gasteiger partial charge in [0.1, 0.15) is 0 Å². The first-order valence-electron chi connectivity index (χ1n) is 9.54. The van der Waals surface area contributed by atoms with E-state index in [1.165, 1.54) is 51.4 Å². The largest absolute Gasteiger partial charge is 0.378 e. The second-order valence-electron chi connectivity index (χ2n) is 8.37. The van der Waals surface area contributed by atoms with Crippen LogP contribution in [0.25, 0.3) is 0 Å². The lowest BCUT2D eigenvalue weighted by Crippen LogP contribution is -2.64. The molecule has 4 aliphatic rings. The van der Waals surface area contributed by atoms with Crippen molar-refractivity contribution < 1.29 is 9.53 Å². The summed E-state index contributed by atoms with van der Waals surface area (Å²) in [6.45, 7) is 2.91. The summed E-state index contributed by atoms with van der Waals surface area (Å²) in [6.07, 6.45) is 11.8. The molecule has 3 nitrogen and oxygen atoms in total. The molecule has 4 saturated carbocycles. The highest BCUT2D eigenvalue weighted by Gasteiger charge is 2.59. The number of carbonyl (C=O) groups is 1. The van der Waals surface area contributed by atoms with Gasteiger partial charge in [-0.3, -0.25) is 4.79 Å². The molecule has 0 aliphatic heterocycles. The van der Waals surface area contributed by atoms with Crippen LogP contribution >= 0.6 is 0 Å². The first-order valence-corrected chi connectivity index (χ1v) is 9.54. The van der Waals surface area contributed by atoms with Gasteiger partial charge < -0.3 is 9.64 Å². The number of hydrogen-bond donors (Lipinski definition) is 0. The van der Waals surface area contributed by atoms with Gasteiger partial charge in [-0.1, -0.05) is 19.3 Å². The molecular weight excluding hydrogens is 274 g/mol. The maximum atomic E-state index is 13.1. The monoisotopic (exact) mass is 305 g/mol. The molecule has 0 unspecified atom stereocenters. The lowest BCUT2D eigenvalue weighted by atomic mass is 9.59. The van der Waals surface area contributed by atoms with Crippen LogP contribution in [0.2, 0.25) is 0 Å². The van der Waals surface area contributed by atoms with Crippen molar-refractivity contribution >= 4 is 5.91 Å². The third-order valence-corrected chi connectivity index (χ3v) is 7.51. The molecule has 0 N–H and O–H groups in total. The van der Waals surface area contributed by atoms with E-state index in [4.69, 9.17) is 4.74 Å². The smallest absolute Gasteiger partial charge is 0.225 e. The highest BCUT2D eigenvalue weighted by molar-refractivity contribution is 5.80. The average molecular weight is 305 g/mol. The van der Waals surface area contributed by atoms with Crippen LogP contribution in [-0.2, 0) is 9.53 Å². The zero-order valence-corrected chi connectivity index (χ0v) is 14.2. The molecule has 124 valence electrons. The van der Waals surface area contributed by atoms with Crippen LogP contribution in [-0.4, -0.2) is 36.6 Å². The Morgan fingerprint density at radius 3 is 2.55 bits per heavy atom. The summed E-state index contributed by atoms with van der Waals surface area (Å²) >= 11 is 0. The topological polar surface area (TPSA) is 29.5 Å². The van der Waals surface area contributed by atoms with E-state index in [-0.39, 0.29) is 5.41 Å². The molecule has 4 fully saturated rings. The van der Waals surface area contributed by atoms with E-state index in [0.717, 1.165) is 18.9 Å². The Kier molecular flexibility index (Phi) is 3.75. The Labute approximate surface area is 134 Å². The molecule has 0 saturated heterocycles. The van der Waals surface area contributed by atoms with Crippen LogP contribution in [0.15, 0.2) is 0 Å². The van der Waals surface area contributed by atoms with E-state index < -0.39 is 0 Å².